The van der Waals surface area contributed by atoms with Crippen LogP contribution < -0.4 is 14.9 Å². The summed E-state index contributed by atoms with van der Waals surface area (Å²) in [5.74, 6) is 1.88. The van der Waals surface area contributed by atoms with Crippen molar-refractivity contribution in [3.05, 3.63) is 105 Å². The molecule has 3 aromatic rings. The van der Waals surface area contributed by atoms with Crippen LogP contribution >= 0.6 is 0 Å². The Morgan fingerprint density at radius 1 is 0.737 bits per heavy atom. The van der Waals surface area contributed by atoms with Gasteiger partial charge in [0.2, 0.25) is 0 Å². The Kier molecular flexibility index (Phi) is 28.8. The molecule has 57 heavy (non-hydrogen) atoms. The van der Waals surface area contributed by atoms with Crippen LogP contribution in [0.1, 0.15) is 95.2 Å². The molecule has 5 N–H and O–H groups in total. The number of carbonyl (C=O) groups excluding carboxylic acids is 3. The minimum atomic E-state index is -1.18. The third-order valence-corrected chi connectivity index (χ3v) is 10.5. The first kappa shape index (κ1) is 57.3. The van der Waals surface area contributed by atoms with Crippen molar-refractivity contribution in [1.82, 2.24) is 4.98 Å². The summed E-state index contributed by atoms with van der Waals surface area (Å²) in [6, 6.07) is 10.1. The molecule has 0 aliphatic carbocycles. The number of primary amides is 1. The summed E-state index contributed by atoms with van der Waals surface area (Å²) in [4.78, 5) is 35.2. The van der Waals surface area contributed by atoms with Gasteiger partial charge in [-0.05, 0) is 49.8 Å². The van der Waals surface area contributed by atoms with Gasteiger partial charge in [-0.15, -0.1) is 17.7 Å². The Labute approximate surface area is 390 Å². The van der Waals surface area contributed by atoms with Crippen LogP contribution in [0.4, 0.5) is 0 Å². The van der Waals surface area contributed by atoms with Crippen molar-refractivity contribution < 1.29 is 118 Å². The van der Waals surface area contributed by atoms with Gasteiger partial charge in [0, 0.05) is 77.4 Å². The van der Waals surface area contributed by atoms with Crippen molar-refractivity contribution in [1.29, 1.82) is 0 Å². The Morgan fingerprint density at radius 2 is 1.26 bits per heavy atom. The topological polar surface area (TPSA) is 186 Å². The zero-order chi connectivity index (χ0) is 39.2. The number of nitrogens with two attached hydrogens (primary N) is 1. The number of aliphatic hydroxyl groups is 3. The number of hydrogen-bond donors (Lipinski definition) is 4. The first-order chi connectivity index (χ1) is 25.3. The fourth-order valence-electron chi connectivity index (χ4n) is 6.65. The second kappa shape index (κ2) is 28.7. The van der Waals surface area contributed by atoms with Gasteiger partial charge in [-0.1, -0.05) is 59.4 Å². The molecule has 12 atom stereocenters. The largest absolute Gasteiger partial charge is 0.394 e. The molecule has 13 nitrogen and oxygen atoms in total. The van der Waals surface area contributed by atoms with Crippen molar-refractivity contribution in [3.8, 4) is 0 Å². The van der Waals surface area contributed by atoms with Crippen molar-refractivity contribution in [2.24, 2.45) is 29.4 Å². The Morgan fingerprint density at radius 3 is 1.68 bits per heavy atom. The summed E-state index contributed by atoms with van der Waals surface area (Å²) >= 11 is 0. The first-order valence-corrected chi connectivity index (χ1v) is 18.2. The molecule has 3 fully saturated rings. The average molecular weight is 945 g/mol. The maximum Gasteiger partial charge on any atom is 0.292 e. The third-order valence-electron chi connectivity index (χ3n) is 10.5. The fraction of sp³-hybridized carbons (Fsp3) is 0.524. The van der Waals surface area contributed by atoms with Crippen molar-refractivity contribution in [2.45, 2.75) is 110 Å². The molecule has 312 valence electrons. The van der Waals surface area contributed by atoms with E-state index in [0.29, 0.717) is 41.3 Å². The molecule has 6 rings (SSSR count). The molecule has 3 aromatic heterocycles. The molecule has 15 heteroatoms. The van der Waals surface area contributed by atoms with Crippen LogP contribution in [0.15, 0.2) is 73.6 Å². The van der Waals surface area contributed by atoms with Crippen LogP contribution in [0.2, 0.25) is 0 Å². The van der Waals surface area contributed by atoms with Crippen LogP contribution in [-0.4, -0.2) is 82.0 Å². The van der Waals surface area contributed by atoms with Crippen molar-refractivity contribution in [3.63, 3.8) is 0 Å². The van der Waals surface area contributed by atoms with E-state index in [1.54, 1.807) is 49.1 Å². The maximum atomic E-state index is 11.1. The maximum absolute atomic E-state index is 11.1. The van der Waals surface area contributed by atoms with Gasteiger partial charge in [0.05, 0.1) is 43.7 Å². The number of carbonyl (C=O) groups is 1. The molecule has 2 radical (unpaired) electrons. The number of amides is 1. The van der Waals surface area contributed by atoms with Gasteiger partial charge >= 0.3 is 0 Å². The number of aliphatic hydroxyl groups excluding tert-OH is 3. The summed E-state index contributed by atoms with van der Waals surface area (Å²) in [5, 5.41) is 28.4. The van der Waals surface area contributed by atoms with Gasteiger partial charge in [0.25, 0.3) is 18.4 Å². The van der Waals surface area contributed by atoms with E-state index in [1.807, 2.05) is 23.1 Å². The fourth-order valence-corrected chi connectivity index (χ4v) is 6.65. The van der Waals surface area contributed by atoms with E-state index in [-0.39, 0.29) is 92.1 Å². The van der Waals surface area contributed by atoms with Gasteiger partial charge in [0.1, 0.15) is 24.0 Å². The summed E-state index contributed by atoms with van der Waals surface area (Å²) in [5.41, 5.74) is 6.47. The monoisotopic (exact) mass is 944 g/mol. The number of rotatable bonds is 8. The minimum Gasteiger partial charge on any atom is -0.394 e. The quantitative estimate of drug-likeness (QED) is 0.192. The van der Waals surface area contributed by atoms with E-state index in [4.69, 9.17) is 25.1 Å². The standard InChI is InChI=1S/C14H19NO2.C11H14N2O5.C9H18O.C6H4NO.2CH3.2Y/c1-4-13-10(2)11(3)14(17-13)15-7-5-6-12(8-15)9-16;12-10(17)6-2-1-3-13(4-6)11-9(16)8(15)7(5-14)18-11;1-5-9-7(3)6(2)8(4)10-9;8-5-6-2-1-3-7-4-6;;;;/h5-8,10-11,13-14H,4H2,1-3H3;1-4,7-9,11,14-16H,5H2,(H-,12,17);6-9H,5H2,1-4H3;1-4H;2*1H3;;/q;;;3*-1;;/p+1/t10?,11-,13+,14+;7-,8?,9+,11-;6-,7?,8-,9+;;;;;/m010...../s1. The molecular formula is C42H62N4O9Y2-2. The summed E-state index contributed by atoms with van der Waals surface area (Å²) in [6.45, 7) is 15.1. The normalized spacial score (nSPS) is 29.3. The van der Waals surface area contributed by atoms with Gasteiger partial charge in [-0.2, -0.15) is 10.6 Å². The number of nitrogens with zero attached hydrogens (tertiary/aromatic N) is 3. The smallest absolute Gasteiger partial charge is 0.292 e. The molecule has 0 bridgehead atoms. The minimum absolute atomic E-state index is 0. The molecule has 3 aliphatic rings. The molecule has 0 saturated carbocycles. The number of pyridine rings is 3. The zero-order valence-corrected chi connectivity index (χ0v) is 40.5. The Balaban J connectivity index is 0. The number of hydrogen-bond acceptors (Lipinski definition) is 10. The van der Waals surface area contributed by atoms with Gasteiger partial charge < -0.3 is 64.7 Å². The molecule has 6 heterocycles. The van der Waals surface area contributed by atoms with E-state index in [2.05, 4.69) is 53.5 Å². The number of aromatic nitrogens is 3. The first-order valence-electron chi connectivity index (χ1n) is 18.2. The Bertz CT molecular complexity index is 1590. The average Bonchev–Trinajstić information content (AvgIpc) is 3.75. The summed E-state index contributed by atoms with van der Waals surface area (Å²) in [7, 11) is 0. The second-order valence-electron chi connectivity index (χ2n) is 13.8. The van der Waals surface area contributed by atoms with E-state index >= 15 is 0 Å². The summed E-state index contributed by atoms with van der Waals surface area (Å²) < 4.78 is 20.5. The van der Waals surface area contributed by atoms with Gasteiger partial charge in [-0.25, -0.2) is 4.57 Å². The molecule has 3 aliphatic heterocycles. The molecular weight excluding hydrogens is 882 g/mol. The van der Waals surface area contributed by atoms with E-state index in [9.17, 15) is 24.6 Å². The third kappa shape index (κ3) is 16.0. The van der Waals surface area contributed by atoms with Crippen molar-refractivity contribution >= 4 is 18.5 Å². The predicted octanol–water partition coefficient (Wildman–Crippen LogP) is 3.59. The number of ether oxygens (including phenoxy) is 3. The van der Waals surface area contributed by atoms with Crippen LogP contribution in [0.3, 0.4) is 0 Å². The molecule has 1 amide bonds. The van der Waals surface area contributed by atoms with Crippen LogP contribution in [-0.2, 0) is 89.2 Å². The second-order valence-corrected chi connectivity index (χ2v) is 13.8. The van der Waals surface area contributed by atoms with E-state index < -0.39 is 37.1 Å². The van der Waals surface area contributed by atoms with E-state index in [1.165, 1.54) is 23.0 Å². The van der Waals surface area contributed by atoms with Crippen LogP contribution in [0.5, 0.6) is 0 Å². The zero-order valence-electron chi connectivity index (χ0n) is 34.8. The molecule has 0 spiro atoms. The molecule has 3 saturated heterocycles. The van der Waals surface area contributed by atoms with E-state index in [0.717, 1.165) is 24.7 Å². The molecule has 0 aromatic carbocycles. The Hall–Kier alpha value is -1.77. The van der Waals surface area contributed by atoms with Gasteiger partial charge in [0.15, 0.2) is 18.5 Å². The van der Waals surface area contributed by atoms with Gasteiger partial charge in [-0.3, -0.25) is 4.79 Å². The summed E-state index contributed by atoms with van der Waals surface area (Å²) in [6.07, 6.45) is 12.9. The predicted molar refractivity (Wildman–Crippen MR) is 207 cm³/mol. The van der Waals surface area contributed by atoms with Crippen molar-refractivity contribution in [2.75, 3.05) is 6.61 Å². The van der Waals surface area contributed by atoms with Crippen LogP contribution in [0.25, 0.3) is 0 Å². The van der Waals surface area contributed by atoms with Crippen LogP contribution in [0, 0.1) is 38.5 Å². The molecule has 3 unspecified atom stereocenters. The SMILES string of the molecule is CC[C@H]1O[C@@H](C)[C@@H](C)C1C.CC[C@H]1O[C@@H]([n+]2cccc([C-]=O)c2)[C@@H](C)C1C.NC(=O)c1ccc[n+]([C@@H]2O[C@H](CO)C(O)[C@@H]2O)c1.O=[C-]c1cccnc1.[CH3-].[CH3-].[Y].[Y].